The summed E-state index contributed by atoms with van der Waals surface area (Å²) in [6, 6.07) is 1.33. The predicted molar refractivity (Wildman–Crippen MR) is 66.9 cm³/mol. The first-order valence-electron chi connectivity index (χ1n) is 5.84. The smallest absolute Gasteiger partial charge is 0.326 e. The molecule has 0 bridgehead atoms. The van der Waals surface area contributed by atoms with E-state index in [9.17, 15) is 24.1 Å². The Morgan fingerprint density at radius 2 is 2.15 bits per heavy atom. The summed E-state index contributed by atoms with van der Waals surface area (Å²) in [6.45, 7) is 1.73. The molecule has 0 aliphatic rings. The van der Waals surface area contributed by atoms with E-state index in [1.807, 2.05) is 0 Å². The molecule has 7 nitrogen and oxygen atoms in total. The number of benzene rings is 1. The van der Waals surface area contributed by atoms with Crippen LogP contribution in [0.25, 0.3) is 0 Å². The van der Waals surface area contributed by atoms with Crippen LogP contribution in [0.3, 0.4) is 0 Å². The van der Waals surface area contributed by atoms with E-state index < -0.39 is 39.9 Å². The van der Waals surface area contributed by atoms with Crippen LogP contribution in [-0.4, -0.2) is 27.9 Å². The molecule has 1 atom stereocenters. The van der Waals surface area contributed by atoms with Gasteiger partial charge in [-0.3, -0.25) is 14.9 Å². The van der Waals surface area contributed by atoms with Crippen molar-refractivity contribution in [1.82, 2.24) is 5.32 Å². The lowest BCUT2D eigenvalue weighted by molar-refractivity contribution is -0.384. The SMILES string of the molecule is CCCC(NC(=O)c1cc([N+](=O)[O-])ccc1F)C(=O)O. The fourth-order valence-electron chi connectivity index (χ4n) is 1.58. The number of hydrogen-bond acceptors (Lipinski definition) is 4. The molecule has 108 valence electrons. The molecule has 1 aromatic rings. The number of nitro groups is 1. The van der Waals surface area contributed by atoms with Crippen molar-refractivity contribution in [3.63, 3.8) is 0 Å². The van der Waals surface area contributed by atoms with Gasteiger partial charge < -0.3 is 10.4 Å². The number of carbonyl (C=O) groups excluding carboxylic acids is 1. The van der Waals surface area contributed by atoms with Crippen LogP contribution in [0.4, 0.5) is 10.1 Å². The van der Waals surface area contributed by atoms with Crippen molar-refractivity contribution >= 4 is 17.6 Å². The zero-order chi connectivity index (χ0) is 15.3. The lowest BCUT2D eigenvalue weighted by Crippen LogP contribution is -2.41. The summed E-state index contributed by atoms with van der Waals surface area (Å²) < 4.78 is 13.5. The average molecular weight is 284 g/mol. The van der Waals surface area contributed by atoms with Gasteiger partial charge in [0.1, 0.15) is 11.9 Å². The largest absolute Gasteiger partial charge is 0.480 e. The van der Waals surface area contributed by atoms with Gasteiger partial charge in [-0.25, -0.2) is 9.18 Å². The Bertz CT molecular complexity index is 547. The van der Waals surface area contributed by atoms with Crippen molar-refractivity contribution in [2.45, 2.75) is 25.8 Å². The van der Waals surface area contributed by atoms with Crippen LogP contribution in [0.1, 0.15) is 30.1 Å². The summed E-state index contributed by atoms with van der Waals surface area (Å²) >= 11 is 0. The highest BCUT2D eigenvalue weighted by Crippen LogP contribution is 2.17. The maximum atomic E-state index is 13.5. The fourth-order valence-corrected chi connectivity index (χ4v) is 1.58. The second-order valence-electron chi connectivity index (χ2n) is 4.07. The van der Waals surface area contributed by atoms with E-state index in [2.05, 4.69) is 5.32 Å². The third kappa shape index (κ3) is 3.74. The van der Waals surface area contributed by atoms with E-state index >= 15 is 0 Å². The molecule has 1 rings (SSSR count). The third-order valence-electron chi connectivity index (χ3n) is 2.59. The lowest BCUT2D eigenvalue weighted by Gasteiger charge is -2.13. The van der Waals surface area contributed by atoms with Crippen LogP contribution in [0.5, 0.6) is 0 Å². The first-order chi connectivity index (χ1) is 9.36. The number of nitrogens with zero attached hydrogens (tertiary/aromatic N) is 1. The van der Waals surface area contributed by atoms with Crippen molar-refractivity contribution in [1.29, 1.82) is 0 Å². The zero-order valence-electron chi connectivity index (χ0n) is 10.6. The van der Waals surface area contributed by atoms with Crippen molar-refractivity contribution in [3.8, 4) is 0 Å². The lowest BCUT2D eigenvalue weighted by atomic mass is 10.1. The monoisotopic (exact) mass is 284 g/mol. The van der Waals surface area contributed by atoms with Crippen molar-refractivity contribution in [2.75, 3.05) is 0 Å². The highest BCUT2D eigenvalue weighted by Gasteiger charge is 2.23. The number of amides is 1. The fraction of sp³-hybridized carbons (Fsp3) is 0.333. The molecule has 0 fully saturated rings. The number of nitrogens with one attached hydrogen (secondary N) is 1. The van der Waals surface area contributed by atoms with E-state index in [-0.39, 0.29) is 6.42 Å². The van der Waals surface area contributed by atoms with Crippen molar-refractivity contribution in [2.24, 2.45) is 0 Å². The van der Waals surface area contributed by atoms with E-state index in [0.717, 1.165) is 18.2 Å². The molecule has 0 heterocycles. The summed E-state index contributed by atoms with van der Waals surface area (Å²) in [7, 11) is 0. The summed E-state index contributed by atoms with van der Waals surface area (Å²) in [5, 5.41) is 21.6. The Balaban J connectivity index is 2.99. The van der Waals surface area contributed by atoms with Crippen LogP contribution in [0, 0.1) is 15.9 Å². The molecule has 0 radical (unpaired) electrons. The van der Waals surface area contributed by atoms with E-state index in [1.165, 1.54) is 0 Å². The van der Waals surface area contributed by atoms with Crippen LogP contribution >= 0.6 is 0 Å². The minimum Gasteiger partial charge on any atom is -0.480 e. The molecule has 20 heavy (non-hydrogen) atoms. The van der Waals surface area contributed by atoms with Gasteiger partial charge in [0.2, 0.25) is 0 Å². The molecular formula is C12H13FN2O5. The molecule has 1 aromatic carbocycles. The summed E-state index contributed by atoms with van der Waals surface area (Å²) in [6.07, 6.45) is 0.687. The Labute approximate surface area is 113 Å². The molecule has 0 saturated carbocycles. The first kappa shape index (κ1) is 15.5. The molecule has 0 aromatic heterocycles. The van der Waals surface area contributed by atoms with Gasteiger partial charge in [0.15, 0.2) is 0 Å². The van der Waals surface area contributed by atoms with Gasteiger partial charge in [-0.05, 0) is 12.5 Å². The Hall–Kier alpha value is -2.51. The molecule has 0 aliphatic carbocycles. The summed E-state index contributed by atoms with van der Waals surface area (Å²) in [5.74, 6) is -3.19. The van der Waals surface area contributed by atoms with Gasteiger partial charge in [-0.1, -0.05) is 13.3 Å². The molecule has 1 unspecified atom stereocenters. The molecule has 0 spiro atoms. The number of halogens is 1. The number of rotatable bonds is 6. The zero-order valence-corrected chi connectivity index (χ0v) is 10.6. The first-order valence-corrected chi connectivity index (χ1v) is 5.84. The number of hydrogen-bond donors (Lipinski definition) is 2. The number of carbonyl (C=O) groups is 2. The second-order valence-corrected chi connectivity index (χ2v) is 4.07. The maximum absolute atomic E-state index is 13.5. The maximum Gasteiger partial charge on any atom is 0.326 e. The Morgan fingerprint density at radius 1 is 1.50 bits per heavy atom. The molecule has 0 aliphatic heterocycles. The number of carboxylic acid groups (broad SMARTS) is 1. The summed E-state index contributed by atoms with van der Waals surface area (Å²) in [4.78, 5) is 32.5. The van der Waals surface area contributed by atoms with Gasteiger partial charge in [-0.15, -0.1) is 0 Å². The third-order valence-corrected chi connectivity index (χ3v) is 2.59. The minimum atomic E-state index is -1.24. The Kier molecular flexibility index (Phi) is 5.13. The minimum absolute atomic E-state index is 0.178. The van der Waals surface area contributed by atoms with Crippen LogP contribution < -0.4 is 5.32 Å². The number of nitro benzene ring substituents is 1. The van der Waals surface area contributed by atoms with Crippen LogP contribution in [0.2, 0.25) is 0 Å². The number of non-ortho nitro benzene ring substituents is 1. The molecule has 8 heteroatoms. The van der Waals surface area contributed by atoms with E-state index in [4.69, 9.17) is 5.11 Å². The van der Waals surface area contributed by atoms with Crippen molar-refractivity contribution in [3.05, 3.63) is 39.7 Å². The van der Waals surface area contributed by atoms with Gasteiger partial charge in [0.05, 0.1) is 10.5 Å². The van der Waals surface area contributed by atoms with E-state index in [1.54, 1.807) is 6.92 Å². The average Bonchev–Trinajstić information content (AvgIpc) is 2.38. The normalized spacial score (nSPS) is 11.7. The molecule has 2 N–H and O–H groups in total. The van der Waals surface area contributed by atoms with Gasteiger partial charge in [0.25, 0.3) is 11.6 Å². The van der Waals surface area contributed by atoms with Gasteiger partial charge >= 0.3 is 5.97 Å². The topological polar surface area (TPSA) is 110 Å². The second kappa shape index (κ2) is 6.60. The van der Waals surface area contributed by atoms with Crippen LogP contribution in [0.15, 0.2) is 18.2 Å². The van der Waals surface area contributed by atoms with Crippen molar-refractivity contribution < 1.29 is 24.0 Å². The van der Waals surface area contributed by atoms with Gasteiger partial charge in [0, 0.05) is 12.1 Å². The summed E-state index contributed by atoms with van der Waals surface area (Å²) in [5.41, 5.74) is -1.000. The van der Waals surface area contributed by atoms with Crippen LogP contribution in [-0.2, 0) is 4.79 Å². The van der Waals surface area contributed by atoms with Gasteiger partial charge in [-0.2, -0.15) is 0 Å². The highest BCUT2D eigenvalue weighted by molar-refractivity contribution is 5.97. The number of carboxylic acids is 1. The standard InChI is InChI=1S/C12H13FN2O5/c1-2-3-10(12(17)18)14-11(16)8-6-7(15(19)20)4-5-9(8)13/h4-6,10H,2-3H2,1H3,(H,14,16)(H,17,18). The Morgan fingerprint density at radius 3 is 2.65 bits per heavy atom. The quantitative estimate of drug-likeness (QED) is 0.610. The number of aliphatic carboxylic acids is 1. The molecular weight excluding hydrogens is 271 g/mol. The van der Waals surface area contributed by atoms with E-state index in [0.29, 0.717) is 6.42 Å². The molecule has 1 amide bonds. The highest BCUT2D eigenvalue weighted by atomic mass is 19.1. The molecule has 0 saturated heterocycles. The predicted octanol–water partition coefficient (Wildman–Crippen LogP) is 1.72.